The number of aliphatic hydroxyl groups excluding tert-OH is 1. The predicted octanol–water partition coefficient (Wildman–Crippen LogP) is 2.82. The van der Waals surface area contributed by atoms with Gasteiger partial charge in [-0.25, -0.2) is 8.42 Å². The Balaban J connectivity index is 0.00000364. The highest BCUT2D eigenvalue weighted by Gasteiger charge is 2.20. The van der Waals surface area contributed by atoms with Gasteiger partial charge < -0.3 is 15.7 Å². The first-order valence-electron chi connectivity index (χ1n) is 8.46. The van der Waals surface area contributed by atoms with Gasteiger partial charge in [-0.2, -0.15) is 0 Å². The number of nitrogens with one attached hydrogen (secondary N) is 2. The van der Waals surface area contributed by atoms with Crippen molar-refractivity contribution in [1.82, 2.24) is 10.6 Å². The maximum absolute atomic E-state index is 12.2. The number of nitrogens with zero attached hydrogens (tertiary/aromatic N) is 1. The third kappa shape index (κ3) is 7.76. The van der Waals surface area contributed by atoms with E-state index in [-0.39, 0.29) is 46.5 Å². The minimum absolute atomic E-state index is 0. The quantitative estimate of drug-likeness (QED) is 0.281. The summed E-state index contributed by atoms with van der Waals surface area (Å²) in [5.74, 6) is 0.196. The minimum atomic E-state index is -3.48. The Morgan fingerprint density at radius 2 is 1.93 bits per heavy atom. The van der Waals surface area contributed by atoms with E-state index in [4.69, 9.17) is 0 Å². The van der Waals surface area contributed by atoms with Crippen LogP contribution in [0.2, 0.25) is 0 Å². The van der Waals surface area contributed by atoms with Gasteiger partial charge in [0.2, 0.25) is 0 Å². The minimum Gasteiger partial charge on any atom is -0.390 e. The molecule has 6 nitrogen and oxygen atoms in total. The van der Waals surface area contributed by atoms with Gasteiger partial charge in [0, 0.05) is 6.54 Å². The van der Waals surface area contributed by atoms with Gasteiger partial charge >= 0.3 is 0 Å². The molecule has 1 aromatic carbocycles. The average molecular weight is 523 g/mol. The van der Waals surface area contributed by atoms with Gasteiger partial charge in [0.1, 0.15) is 4.21 Å². The largest absolute Gasteiger partial charge is 0.390 e. The van der Waals surface area contributed by atoms with Gasteiger partial charge in [-0.15, -0.1) is 35.3 Å². The molecule has 2 rings (SSSR count). The molecule has 0 aliphatic carbocycles. The SMILES string of the molecule is CCNC(=NCC(O)CS(=O)(=O)c1cccs1)NC(C)c1ccccc1.I. The van der Waals surface area contributed by atoms with Crippen LogP contribution in [-0.2, 0) is 9.84 Å². The van der Waals surface area contributed by atoms with Crippen molar-refractivity contribution in [3.05, 3.63) is 53.4 Å². The summed E-state index contributed by atoms with van der Waals surface area (Å²) in [4.78, 5) is 4.33. The van der Waals surface area contributed by atoms with E-state index >= 15 is 0 Å². The molecule has 0 saturated heterocycles. The Hall–Kier alpha value is -1.17. The summed E-state index contributed by atoms with van der Waals surface area (Å²) < 4.78 is 24.7. The second-order valence-corrected chi connectivity index (χ2v) is 9.07. The molecule has 9 heteroatoms. The molecule has 1 aromatic heterocycles. The summed E-state index contributed by atoms with van der Waals surface area (Å²) in [5, 5.41) is 18.2. The highest BCUT2D eigenvalue weighted by molar-refractivity contribution is 14.0. The molecule has 0 spiro atoms. The molecule has 27 heavy (non-hydrogen) atoms. The molecule has 150 valence electrons. The summed E-state index contributed by atoms with van der Waals surface area (Å²) in [6, 6.07) is 13.2. The van der Waals surface area contributed by atoms with Crippen LogP contribution in [0, 0.1) is 0 Å². The third-order valence-corrected chi connectivity index (χ3v) is 6.96. The van der Waals surface area contributed by atoms with Crippen molar-refractivity contribution < 1.29 is 13.5 Å². The molecule has 0 amide bonds. The topological polar surface area (TPSA) is 90.8 Å². The van der Waals surface area contributed by atoms with Crippen molar-refractivity contribution in [3.8, 4) is 0 Å². The number of rotatable bonds is 8. The van der Waals surface area contributed by atoms with E-state index in [2.05, 4.69) is 15.6 Å². The zero-order chi connectivity index (χ0) is 19.0. The monoisotopic (exact) mass is 523 g/mol. The number of aliphatic imine (C=N–C) groups is 1. The van der Waals surface area contributed by atoms with Crippen molar-refractivity contribution in [3.63, 3.8) is 0 Å². The van der Waals surface area contributed by atoms with Crippen LogP contribution in [0.4, 0.5) is 0 Å². The third-order valence-electron chi connectivity index (χ3n) is 3.67. The fraction of sp³-hybridized carbons (Fsp3) is 0.389. The summed E-state index contributed by atoms with van der Waals surface area (Å²) in [7, 11) is -3.48. The Morgan fingerprint density at radius 3 is 2.52 bits per heavy atom. The lowest BCUT2D eigenvalue weighted by molar-refractivity contribution is 0.206. The molecule has 0 aliphatic rings. The molecule has 2 unspecified atom stereocenters. The number of halogens is 1. The standard InChI is InChI=1S/C18H25N3O3S2.HI/c1-3-19-18(21-14(2)15-8-5-4-6-9-15)20-12-16(22)13-26(23,24)17-10-7-11-25-17;/h4-11,14,16,22H,3,12-13H2,1-2H3,(H2,19,20,21);1H. The molecule has 1 heterocycles. The number of guanidine groups is 1. The van der Waals surface area contributed by atoms with E-state index in [1.807, 2.05) is 44.2 Å². The van der Waals surface area contributed by atoms with Crippen LogP contribution in [0.5, 0.6) is 0 Å². The second kappa shape index (κ2) is 11.6. The van der Waals surface area contributed by atoms with Crippen molar-refractivity contribution in [2.45, 2.75) is 30.2 Å². The highest BCUT2D eigenvalue weighted by Crippen LogP contribution is 2.18. The van der Waals surface area contributed by atoms with E-state index in [0.29, 0.717) is 12.5 Å². The van der Waals surface area contributed by atoms with Crippen LogP contribution in [-0.4, -0.2) is 44.4 Å². The van der Waals surface area contributed by atoms with Crippen LogP contribution in [0.15, 0.2) is 57.0 Å². The summed E-state index contributed by atoms with van der Waals surface area (Å²) in [6.07, 6.45) is -1.07. The predicted molar refractivity (Wildman–Crippen MR) is 122 cm³/mol. The molecule has 0 fully saturated rings. The van der Waals surface area contributed by atoms with Crippen molar-refractivity contribution in [2.75, 3.05) is 18.8 Å². The summed E-state index contributed by atoms with van der Waals surface area (Å²) in [5.41, 5.74) is 1.11. The molecule has 0 bridgehead atoms. The first-order valence-corrected chi connectivity index (χ1v) is 11.0. The zero-order valence-electron chi connectivity index (χ0n) is 15.3. The van der Waals surface area contributed by atoms with Gasteiger partial charge in [0.05, 0.1) is 24.4 Å². The van der Waals surface area contributed by atoms with Crippen LogP contribution in [0.25, 0.3) is 0 Å². The van der Waals surface area contributed by atoms with Crippen molar-refractivity contribution >= 4 is 51.1 Å². The lowest BCUT2D eigenvalue weighted by Gasteiger charge is -2.18. The van der Waals surface area contributed by atoms with Gasteiger partial charge in [0.25, 0.3) is 0 Å². The van der Waals surface area contributed by atoms with E-state index in [1.165, 1.54) is 0 Å². The molecule has 2 atom stereocenters. The summed E-state index contributed by atoms with van der Waals surface area (Å²) in [6.45, 7) is 4.63. The van der Waals surface area contributed by atoms with Crippen LogP contribution in [0.1, 0.15) is 25.5 Å². The van der Waals surface area contributed by atoms with E-state index < -0.39 is 15.9 Å². The zero-order valence-corrected chi connectivity index (χ0v) is 19.3. The maximum atomic E-state index is 12.2. The Bertz CT molecular complexity index is 797. The van der Waals surface area contributed by atoms with Gasteiger partial charge in [-0.05, 0) is 30.9 Å². The van der Waals surface area contributed by atoms with Gasteiger partial charge in [-0.1, -0.05) is 36.4 Å². The number of hydrogen-bond acceptors (Lipinski definition) is 5. The van der Waals surface area contributed by atoms with E-state index in [0.717, 1.165) is 16.9 Å². The highest BCUT2D eigenvalue weighted by atomic mass is 127. The molecular weight excluding hydrogens is 497 g/mol. The number of sulfone groups is 1. The summed E-state index contributed by atoms with van der Waals surface area (Å²) >= 11 is 1.15. The van der Waals surface area contributed by atoms with E-state index in [1.54, 1.807) is 17.5 Å². The molecular formula is C18H26IN3O3S2. The molecule has 2 aromatic rings. The molecule has 0 saturated carbocycles. The number of thiophene rings is 1. The first kappa shape index (κ1) is 23.9. The molecule has 3 N–H and O–H groups in total. The van der Waals surface area contributed by atoms with Gasteiger partial charge in [-0.3, -0.25) is 4.99 Å². The Labute approximate surface area is 182 Å². The maximum Gasteiger partial charge on any atom is 0.191 e. The normalized spacial score (nSPS) is 14.1. The fourth-order valence-electron chi connectivity index (χ4n) is 2.38. The van der Waals surface area contributed by atoms with Crippen molar-refractivity contribution in [2.24, 2.45) is 4.99 Å². The van der Waals surface area contributed by atoms with Crippen molar-refractivity contribution in [1.29, 1.82) is 0 Å². The fourth-order valence-corrected chi connectivity index (χ4v) is 4.84. The smallest absolute Gasteiger partial charge is 0.191 e. The Kier molecular flexibility index (Phi) is 10.3. The van der Waals surface area contributed by atoms with E-state index in [9.17, 15) is 13.5 Å². The number of aliphatic hydroxyl groups is 1. The first-order chi connectivity index (χ1) is 12.4. The molecule has 0 aliphatic heterocycles. The van der Waals surface area contributed by atoms with Crippen LogP contribution < -0.4 is 10.6 Å². The second-order valence-electron chi connectivity index (χ2n) is 5.86. The Morgan fingerprint density at radius 1 is 1.22 bits per heavy atom. The molecule has 0 radical (unpaired) electrons. The average Bonchev–Trinajstić information content (AvgIpc) is 3.16. The lowest BCUT2D eigenvalue weighted by atomic mass is 10.1. The lowest BCUT2D eigenvalue weighted by Crippen LogP contribution is -2.39. The van der Waals surface area contributed by atoms with Gasteiger partial charge in [0.15, 0.2) is 15.8 Å². The van der Waals surface area contributed by atoms with Crippen LogP contribution in [0.3, 0.4) is 0 Å². The number of benzene rings is 1. The number of hydrogen-bond donors (Lipinski definition) is 3. The van der Waals surface area contributed by atoms with Crippen LogP contribution >= 0.6 is 35.3 Å².